The predicted octanol–water partition coefficient (Wildman–Crippen LogP) is 2.87. The van der Waals surface area contributed by atoms with Crippen LogP contribution in [0.4, 0.5) is 10.5 Å². The van der Waals surface area contributed by atoms with E-state index in [-0.39, 0.29) is 6.09 Å². The number of carbonyl (C=O) groups excluding carboxylic acids is 2. The molecule has 1 saturated heterocycles. The number of likely N-dealkylation sites (tertiary alicyclic amines) is 1. The molecule has 138 valence electrons. The van der Waals surface area contributed by atoms with E-state index in [0.717, 1.165) is 38.2 Å². The summed E-state index contributed by atoms with van der Waals surface area (Å²) in [6.07, 6.45) is 1.66. The number of nitrogens with zero attached hydrogens (tertiary/aromatic N) is 2. The summed E-state index contributed by atoms with van der Waals surface area (Å²) in [4.78, 5) is 27.4. The number of primary amides is 1. The summed E-state index contributed by atoms with van der Waals surface area (Å²) >= 11 is 0. The van der Waals surface area contributed by atoms with Gasteiger partial charge in [-0.2, -0.15) is 0 Å². The quantitative estimate of drug-likeness (QED) is 0.909. The third kappa shape index (κ3) is 5.66. The molecule has 1 fully saturated rings. The Morgan fingerprint density at radius 2 is 1.92 bits per heavy atom. The van der Waals surface area contributed by atoms with Gasteiger partial charge < -0.3 is 20.3 Å². The van der Waals surface area contributed by atoms with Crippen LogP contribution in [0.5, 0.6) is 0 Å². The van der Waals surface area contributed by atoms with E-state index in [1.165, 1.54) is 0 Å². The second-order valence-electron chi connectivity index (χ2n) is 7.71. The number of ether oxygens (including phenoxy) is 1. The van der Waals surface area contributed by atoms with Gasteiger partial charge in [0.2, 0.25) is 5.91 Å². The number of carbonyl (C=O) groups is 2. The smallest absolute Gasteiger partial charge is 0.410 e. The summed E-state index contributed by atoms with van der Waals surface area (Å²) in [5.74, 6) is 0.0850. The van der Waals surface area contributed by atoms with Crippen LogP contribution in [0.1, 0.15) is 44.0 Å². The van der Waals surface area contributed by atoms with Gasteiger partial charge in [0.1, 0.15) is 5.60 Å². The van der Waals surface area contributed by atoms with Crippen LogP contribution in [0.3, 0.4) is 0 Å². The highest BCUT2D eigenvalue weighted by molar-refractivity contribution is 5.93. The molecule has 0 spiro atoms. The molecule has 0 aromatic heterocycles. The van der Waals surface area contributed by atoms with Crippen LogP contribution in [-0.4, -0.2) is 49.2 Å². The van der Waals surface area contributed by atoms with Crippen LogP contribution in [0.2, 0.25) is 0 Å². The zero-order valence-electron chi connectivity index (χ0n) is 15.6. The van der Waals surface area contributed by atoms with Gasteiger partial charge in [0.25, 0.3) is 0 Å². The third-order valence-electron chi connectivity index (χ3n) is 4.37. The molecule has 1 aliphatic heterocycles. The Hall–Kier alpha value is -2.24. The topological polar surface area (TPSA) is 75.9 Å². The Morgan fingerprint density at radius 1 is 1.28 bits per heavy atom. The van der Waals surface area contributed by atoms with Crippen molar-refractivity contribution in [2.45, 2.75) is 39.2 Å². The molecule has 2 N–H and O–H groups in total. The molecule has 25 heavy (non-hydrogen) atoms. The summed E-state index contributed by atoms with van der Waals surface area (Å²) in [6.45, 7) is 7.96. The largest absolute Gasteiger partial charge is 0.444 e. The van der Waals surface area contributed by atoms with Crippen LogP contribution in [0.25, 0.3) is 0 Å². The average molecular weight is 347 g/mol. The standard InChI is InChI=1S/C19H29N3O3/c1-19(2,3)25-18(24)22-10-8-14(9-11-22)13-21(4)16-7-5-6-15(12-16)17(20)23/h5-7,12,14H,8-11,13H2,1-4H3,(H2,20,23). The highest BCUT2D eigenvalue weighted by Crippen LogP contribution is 2.23. The van der Waals surface area contributed by atoms with Crippen molar-refractivity contribution in [2.75, 3.05) is 31.6 Å². The van der Waals surface area contributed by atoms with Crippen LogP contribution in [0, 0.1) is 5.92 Å². The number of rotatable bonds is 4. The van der Waals surface area contributed by atoms with Crippen molar-refractivity contribution >= 4 is 17.7 Å². The van der Waals surface area contributed by atoms with Gasteiger partial charge in [-0.05, 0) is 57.7 Å². The first kappa shape index (κ1) is 19.1. The van der Waals surface area contributed by atoms with Crippen molar-refractivity contribution in [2.24, 2.45) is 11.7 Å². The van der Waals surface area contributed by atoms with Gasteiger partial charge in [-0.1, -0.05) is 6.07 Å². The van der Waals surface area contributed by atoms with Crippen LogP contribution in [-0.2, 0) is 4.74 Å². The minimum atomic E-state index is -0.459. The van der Waals surface area contributed by atoms with E-state index in [9.17, 15) is 9.59 Å². The van der Waals surface area contributed by atoms with E-state index in [1.807, 2.05) is 46.0 Å². The molecule has 1 aromatic carbocycles. The average Bonchev–Trinajstić information content (AvgIpc) is 2.54. The van der Waals surface area contributed by atoms with Crippen molar-refractivity contribution in [3.63, 3.8) is 0 Å². The maximum absolute atomic E-state index is 12.1. The summed E-state index contributed by atoms with van der Waals surface area (Å²) in [5.41, 5.74) is 6.38. The number of benzene rings is 1. The second kappa shape index (κ2) is 7.76. The number of piperidine rings is 1. The lowest BCUT2D eigenvalue weighted by Crippen LogP contribution is -2.43. The van der Waals surface area contributed by atoms with E-state index in [2.05, 4.69) is 4.90 Å². The van der Waals surface area contributed by atoms with Gasteiger partial charge >= 0.3 is 6.09 Å². The van der Waals surface area contributed by atoms with Crippen molar-refractivity contribution < 1.29 is 14.3 Å². The molecule has 0 aliphatic carbocycles. The van der Waals surface area contributed by atoms with E-state index in [4.69, 9.17) is 10.5 Å². The van der Waals surface area contributed by atoms with Gasteiger partial charge in [0, 0.05) is 37.9 Å². The highest BCUT2D eigenvalue weighted by atomic mass is 16.6. The van der Waals surface area contributed by atoms with Crippen molar-refractivity contribution in [3.8, 4) is 0 Å². The minimum Gasteiger partial charge on any atom is -0.444 e. The zero-order valence-corrected chi connectivity index (χ0v) is 15.6. The monoisotopic (exact) mass is 347 g/mol. The van der Waals surface area contributed by atoms with E-state index < -0.39 is 11.5 Å². The summed E-state index contributed by atoms with van der Waals surface area (Å²) in [5, 5.41) is 0. The number of amides is 2. The first-order chi connectivity index (χ1) is 11.7. The van der Waals surface area contributed by atoms with Crippen molar-refractivity contribution in [1.82, 2.24) is 4.90 Å². The molecule has 0 bridgehead atoms. The number of hydrogen-bond acceptors (Lipinski definition) is 4. The number of hydrogen-bond donors (Lipinski definition) is 1. The van der Waals surface area contributed by atoms with E-state index in [1.54, 1.807) is 11.0 Å². The fourth-order valence-electron chi connectivity index (χ4n) is 3.01. The van der Waals surface area contributed by atoms with Gasteiger partial charge in [-0.25, -0.2) is 4.79 Å². The van der Waals surface area contributed by atoms with Crippen molar-refractivity contribution in [3.05, 3.63) is 29.8 Å². The maximum atomic E-state index is 12.1. The van der Waals surface area contributed by atoms with Crippen molar-refractivity contribution in [1.29, 1.82) is 0 Å². The molecule has 0 unspecified atom stereocenters. The fraction of sp³-hybridized carbons (Fsp3) is 0.579. The van der Waals surface area contributed by atoms with Gasteiger partial charge in [-0.15, -0.1) is 0 Å². The summed E-state index contributed by atoms with van der Waals surface area (Å²) in [7, 11) is 2.01. The minimum absolute atomic E-state index is 0.228. The number of anilines is 1. The van der Waals surface area contributed by atoms with Gasteiger partial charge in [0.05, 0.1) is 0 Å². The molecule has 0 atom stereocenters. The maximum Gasteiger partial charge on any atom is 0.410 e. The molecule has 1 aliphatic rings. The summed E-state index contributed by atoms with van der Waals surface area (Å²) < 4.78 is 5.43. The molecular formula is C19H29N3O3. The Labute approximate surface area is 149 Å². The molecule has 1 aromatic rings. The third-order valence-corrected chi connectivity index (χ3v) is 4.37. The molecular weight excluding hydrogens is 318 g/mol. The zero-order chi connectivity index (χ0) is 18.6. The lowest BCUT2D eigenvalue weighted by Gasteiger charge is -2.35. The summed E-state index contributed by atoms with van der Waals surface area (Å²) in [6, 6.07) is 7.36. The molecule has 2 amide bonds. The Balaban J connectivity index is 1.86. The fourth-order valence-corrected chi connectivity index (χ4v) is 3.01. The van der Waals surface area contributed by atoms with Crippen LogP contribution >= 0.6 is 0 Å². The van der Waals surface area contributed by atoms with Crippen LogP contribution < -0.4 is 10.6 Å². The molecule has 2 rings (SSSR count). The Bertz CT molecular complexity index is 617. The molecule has 6 heteroatoms. The first-order valence-corrected chi connectivity index (χ1v) is 8.74. The molecule has 1 heterocycles. The first-order valence-electron chi connectivity index (χ1n) is 8.74. The highest BCUT2D eigenvalue weighted by Gasteiger charge is 2.27. The molecule has 0 radical (unpaired) electrons. The molecule has 6 nitrogen and oxygen atoms in total. The normalized spacial score (nSPS) is 15.8. The predicted molar refractivity (Wildman–Crippen MR) is 98.8 cm³/mol. The lowest BCUT2D eigenvalue weighted by molar-refractivity contribution is 0.0186. The van der Waals surface area contributed by atoms with Gasteiger partial charge in [0.15, 0.2) is 0 Å². The SMILES string of the molecule is CN(CC1CCN(C(=O)OC(C)(C)C)CC1)c1cccc(C(N)=O)c1. The number of nitrogens with two attached hydrogens (primary N) is 1. The Kier molecular flexibility index (Phi) is 5.93. The second-order valence-corrected chi connectivity index (χ2v) is 7.71. The van der Waals surface area contributed by atoms with Gasteiger partial charge in [-0.3, -0.25) is 4.79 Å². The van der Waals surface area contributed by atoms with E-state index >= 15 is 0 Å². The van der Waals surface area contributed by atoms with Crippen LogP contribution in [0.15, 0.2) is 24.3 Å². The van der Waals surface area contributed by atoms with E-state index in [0.29, 0.717) is 11.5 Å². The lowest BCUT2D eigenvalue weighted by atomic mass is 9.96. The Morgan fingerprint density at radius 3 is 2.48 bits per heavy atom. The molecule has 0 saturated carbocycles.